The molecule has 2 heterocycles. The van der Waals surface area contributed by atoms with Crippen molar-refractivity contribution in [3.8, 4) is 0 Å². The van der Waals surface area contributed by atoms with Gasteiger partial charge in [-0.25, -0.2) is 9.78 Å². The number of aromatic nitrogens is 1. The van der Waals surface area contributed by atoms with Gasteiger partial charge < -0.3 is 24.5 Å². The van der Waals surface area contributed by atoms with E-state index in [9.17, 15) is 9.59 Å². The molecule has 0 aromatic carbocycles. The number of morpholine rings is 1. The van der Waals surface area contributed by atoms with Crippen LogP contribution in [0.1, 0.15) is 25.0 Å². The second-order valence-electron chi connectivity index (χ2n) is 4.75. The number of urea groups is 1. The van der Waals surface area contributed by atoms with Crippen molar-refractivity contribution >= 4 is 12.0 Å². The van der Waals surface area contributed by atoms with E-state index < -0.39 is 12.0 Å². The number of aryl methyl sites for hydroxylation is 1. The minimum atomic E-state index is -0.955. The summed E-state index contributed by atoms with van der Waals surface area (Å²) in [6.45, 7) is 3.14. The van der Waals surface area contributed by atoms with Gasteiger partial charge in [-0.15, -0.1) is 0 Å². The zero-order valence-corrected chi connectivity index (χ0v) is 11.9. The van der Waals surface area contributed by atoms with Crippen molar-refractivity contribution in [2.45, 2.75) is 32.4 Å². The molecule has 0 saturated carbocycles. The first-order valence-corrected chi connectivity index (χ1v) is 6.87. The van der Waals surface area contributed by atoms with Crippen molar-refractivity contribution in [1.82, 2.24) is 15.2 Å². The van der Waals surface area contributed by atoms with Gasteiger partial charge in [-0.05, 0) is 0 Å². The zero-order chi connectivity index (χ0) is 15.2. The number of hydrogen-bond acceptors (Lipinski definition) is 5. The van der Waals surface area contributed by atoms with Crippen LogP contribution in [0.5, 0.6) is 0 Å². The van der Waals surface area contributed by atoms with E-state index in [4.69, 9.17) is 14.3 Å². The minimum Gasteiger partial charge on any atom is -0.481 e. The van der Waals surface area contributed by atoms with E-state index in [0.29, 0.717) is 19.0 Å². The summed E-state index contributed by atoms with van der Waals surface area (Å²) in [5.74, 6) is 0.237. The number of carbonyl (C=O) groups is 2. The van der Waals surface area contributed by atoms with Gasteiger partial charge in [-0.3, -0.25) is 4.79 Å². The fourth-order valence-corrected chi connectivity index (χ4v) is 2.14. The average Bonchev–Trinajstić information content (AvgIpc) is 2.93. The van der Waals surface area contributed by atoms with Crippen molar-refractivity contribution in [2.75, 3.05) is 19.8 Å². The molecule has 21 heavy (non-hydrogen) atoms. The second-order valence-corrected chi connectivity index (χ2v) is 4.75. The van der Waals surface area contributed by atoms with E-state index in [1.54, 1.807) is 6.20 Å². The molecule has 0 radical (unpaired) electrons. The Morgan fingerprint density at radius 3 is 3.05 bits per heavy atom. The van der Waals surface area contributed by atoms with E-state index in [2.05, 4.69) is 10.3 Å². The number of carboxylic acid groups (broad SMARTS) is 1. The molecule has 1 aliphatic heterocycles. The average molecular weight is 297 g/mol. The number of aliphatic carboxylic acids is 1. The number of oxazole rings is 1. The number of nitrogens with one attached hydrogen (secondary N) is 1. The van der Waals surface area contributed by atoms with Crippen molar-refractivity contribution in [3.63, 3.8) is 0 Å². The van der Waals surface area contributed by atoms with Gasteiger partial charge in [-0.1, -0.05) is 6.92 Å². The topological polar surface area (TPSA) is 105 Å². The van der Waals surface area contributed by atoms with Crippen LogP contribution >= 0.6 is 0 Å². The molecule has 2 amide bonds. The summed E-state index contributed by atoms with van der Waals surface area (Å²) in [7, 11) is 0. The van der Waals surface area contributed by atoms with E-state index in [0.717, 1.165) is 12.2 Å². The standard InChI is InChI=1S/C13H19N3O5/c1-2-10-6-14-11(21-10)7-15-13(19)16-3-4-20-8-9(16)5-12(17)18/h6,9H,2-5,7-8H2,1H3,(H,15,19)(H,17,18). The lowest BCUT2D eigenvalue weighted by Gasteiger charge is -2.34. The molecule has 1 atom stereocenters. The van der Waals surface area contributed by atoms with Gasteiger partial charge >= 0.3 is 12.0 Å². The van der Waals surface area contributed by atoms with Crippen LogP contribution in [-0.2, 0) is 22.5 Å². The molecule has 8 heteroatoms. The molecule has 1 aromatic rings. The molecule has 0 spiro atoms. The summed E-state index contributed by atoms with van der Waals surface area (Å²) in [5.41, 5.74) is 0. The number of carboxylic acids is 1. The number of rotatable bonds is 5. The Morgan fingerprint density at radius 1 is 1.57 bits per heavy atom. The van der Waals surface area contributed by atoms with Gasteiger partial charge in [0.2, 0.25) is 5.89 Å². The van der Waals surface area contributed by atoms with Crippen molar-refractivity contribution in [3.05, 3.63) is 17.8 Å². The highest BCUT2D eigenvalue weighted by molar-refractivity contribution is 5.76. The van der Waals surface area contributed by atoms with E-state index in [1.807, 2.05) is 6.92 Å². The predicted octanol–water partition coefficient (Wildman–Crippen LogP) is 0.622. The molecule has 1 fully saturated rings. The third kappa shape index (κ3) is 4.19. The summed E-state index contributed by atoms with van der Waals surface area (Å²) in [6, 6.07) is -0.784. The van der Waals surface area contributed by atoms with E-state index in [-0.39, 0.29) is 25.6 Å². The summed E-state index contributed by atoms with van der Waals surface area (Å²) in [5, 5.41) is 11.6. The third-order valence-corrected chi connectivity index (χ3v) is 3.24. The van der Waals surface area contributed by atoms with E-state index in [1.165, 1.54) is 4.90 Å². The molecule has 0 bridgehead atoms. The SMILES string of the molecule is CCc1cnc(CNC(=O)N2CCOCC2CC(=O)O)o1. The third-order valence-electron chi connectivity index (χ3n) is 3.24. The summed E-state index contributed by atoms with van der Waals surface area (Å²) in [6.07, 6.45) is 2.24. The van der Waals surface area contributed by atoms with Crippen LogP contribution < -0.4 is 5.32 Å². The second kappa shape index (κ2) is 7.07. The van der Waals surface area contributed by atoms with Gasteiger partial charge in [0, 0.05) is 13.0 Å². The highest BCUT2D eigenvalue weighted by Gasteiger charge is 2.29. The number of ether oxygens (including phenoxy) is 1. The van der Waals surface area contributed by atoms with Crippen molar-refractivity contribution in [2.24, 2.45) is 0 Å². The molecule has 1 saturated heterocycles. The minimum absolute atomic E-state index is 0.133. The van der Waals surface area contributed by atoms with Crippen LogP contribution in [-0.4, -0.2) is 52.8 Å². The van der Waals surface area contributed by atoms with Crippen LogP contribution in [0.15, 0.2) is 10.6 Å². The summed E-state index contributed by atoms with van der Waals surface area (Å²) in [4.78, 5) is 28.5. The van der Waals surface area contributed by atoms with Crippen LogP contribution in [0.4, 0.5) is 4.79 Å². The monoisotopic (exact) mass is 297 g/mol. The Labute approximate surface area is 122 Å². The molecule has 1 unspecified atom stereocenters. The van der Waals surface area contributed by atoms with Gasteiger partial charge in [0.1, 0.15) is 5.76 Å². The highest BCUT2D eigenvalue weighted by atomic mass is 16.5. The zero-order valence-electron chi connectivity index (χ0n) is 11.9. The Bertz CT molecular complexity index is 502. The Morgan fingerprint density at radius 2 is 2.38 bits per heavy atom. The maximum absolute atomic E-state index is 12.1. The number of hydrogen-bond donors (Lipinski definition) is 2. The quantitative estimate of drug-likeness (QED) is 0.825. The molecular weight excluding hydrogens is 278 g/mol. The maximum atomic E-state index is 12.1. The molecule has 0 aliphatic carbocycles. The molecule has 1 aliphatic rings. The fourth-order valence-electron chi connectivity index (χ4n) is 2.14. The Balaban J connectivity index is 1.89. The van der Waals surface area contributed by atoms with Gasteiger partial charge in [-0.2, -0.15) is 0 Å². The molecule has 2 N–H and O–H groups in total. The molecular formula is C13H19N3O5. The van der Waals surface area contributed by atoms with Crippen molar-refractivity contribution < 1.29 is 23.8 Å². The molecule has 2 rings (SSSR count). The lowest BCUT2D eigenvalue weighted by atomic mass is 10.1. The first-order chi connectivity index (χ1) is 10.1. The first-order valence-electron chi connectivity index (χ1n) is 6.87. The van der Waals surface area contributed by atoms with Crippen molar-refractivity contribution in [1.29, 1.82) is 0 Å². The number of carbonyl (C=O) groups excluding carboxylic acids is 1. The van der Waals surface area contributed by atoms with Crippen LogP contribution in [0.3, 0.4) is 0 Å². The lowest BCUT2D eigenvalue weighted by Crippen LogP contribution is -2.53. The predicted molar refractivity (Wildman–Crippen MR) is 71.7 cm³/mol. The van der Waals surface area contributed by atoms with Gasteiger partial charge in [0.05, 0.1) is 38.4 Å². The van der Waals surface area contributed by atoms with E-state index >= 15 is 0 Å². The Kier molecular flexibility index (Phi) is 5.15. The van der Waals surface area contributed by atoms with Crippen LogP contribution in [0.25, 0.3) is 0 Å². The number of nitrogens with zero attached hydrogens (tertiary/aromatic N) is 2. The van der Waals surface area contributed by atoms with Gasteiger partial charge in [0.15, 0.2) is 0 Å². The molecule has 116 valence electrons. The van der Waals surface area contributed by atoms with Crippen LogP contribution in [0.2, 0.25) is 0 Å². The smallest absolute Gasteiger partial charge is 0.318 e. The number of amides is 2. The van der Waals surface area contributed by atoms with Crippen LogP contribution in [0, 0.1) is 0 Å². The summed E-state index contributed by atoms with van der Waals surface area (Å²) < 4.78 is 10.6. The lowest BCUT2D eigenvalue weighted by molar-refractivity contribution is -0.139. The normalized spacial score (nSPS) is 18.5. The largest absolute Gasteiger partial charge is 0.481 e. The van der Waals surface area contributed by atoms with Gasteiger partial charge in [0.25, 0.3) is 0 Å². The molecule has 1 aromatic heterocycles. The highest BCUT2D eigenvalue weighted by Crippen LogP contribution is 2.11. The summed E-state index contributed by atoms with van der Waals surface area (Å²) >= 11 is 0. The molecule has 8 nitrogen and oxygen atoms in total. The fraction of sp³-hybridized carbons (Fsp3) is 0.615. The first kappa shape index (κ1) is 15.3. The Hall–Kier alpha value is -2.09. The maximum Gasteiger partial charge on any atom is 0.318 e.